The van der Waals surface area contributed by atoms with Gasteiger partial charge in [0.05, 0.1) is 24.7 Å². The van der Waals surface area contributed by atoms with Crippen molar-refractivity contribution in [1.29, 1.82) is 0 Å². The minimum atomic E-state index is -0.0346. The molecule has 2 amide bonds. The Morgan fingerprint density at radius 1 is 1.26 bits per heavy atom. The Balaban J connectivity index is 1.64. The first kappa shape index (κ1) is 16.0. The maximum Gasteiger partial charge on any atom is 0.227 e. The number of amides is 2. The third kappa shape index (κ3) is 3.57. The lowest BCUT2D eigenvalue weighted by Gasteiger charge is -2.35. The molecule has 0 saturated carbocycles. The number of aromatic nitrogens is 2. The van der Waals surface area contributed by atoms with Gasteiger partial charge in [0, 0.05) is 32.8 Å². The molecule has 0 unspecified atom stereocenters. The van der Waals surface area contributed by atoms with Gasteiger partial charge in [-0.2, -0.15) is 5.10 Å². The van der Waals surface area contributed by atoms with Crippen LogP contribution in [-0.4, -0.2) is 57.1 Å². The van der Waals surface area contributed by atoms with Crippen LogP contribution >= 0.6 is 0 Å². The third-order valence-corrected chi connectivity index (χ3v) is 5.04. The SMILES string of the molecule is CC(=O)N1CCC[C@H](C(=O)N2CCC[C@@H]2Cn2cc(C)cn2)C1. The number of carbonyl (C=O) groups is 2. The van der Waals surface area contributed by atoms with Crippen molar-refractivity contribution >= 4 is 11.8 Å². The predicted molar refractivity (Wildman–Crippen MR) is 86.7 cm³/mol. The van der Waals surface area contributed by atoms with Gasteiger partial charge in [0.25, 0.3) is 0 Å². The molecule has 2 aliphatic heterocycles. The molecule has 1 aromatic rings. The van der Waals surface area contributed by atoms with Gasteiger partial charge in [0.15, 0.2) is 0 Å². The zero-order chi connectivity index (χ0) is 16.4. The summed E-state index contributed by atoms with van der Waals surface area (Å²) in [6.07, 6.45) is 7.79. The second kappa shape index (κ2) is 6.72. The fourth-order valence-corrected chi connectivity index (χ4v) is 3.80. The Hall–Kier alpha value is -1.85. The third-order valence-electron chi connectivity index (χ3n) is 5.04. The number of nitrogens with zero attached hydrogens (tertiary/aromatic N) is 4. The molecule has 1 aromatic heterocycles. The first-order valence-electron chi connectivity index (χ1n) is 8.59. The van der Waals surface area contributed by atoms with E-state index in [1.807, 2.05) is 33.8 Å². The summed E-state index contributed by atoms with van der Waals surface area (Å²) in [7, 11) is 0. The van der Waals surface area contributed by atoms with Crippen LogP contribution in [0.25, 0.3) is 0 Å². The van der Waals surface area contributed by atoms with E-state index in [1.54, 1.807) is 6.92 Å². The zero-order valence-corrected chi connectivity index (χ0v) is 14.1. The van der Waals surface area contributed by atoms with Crippen LogP contribution in [0, 0.1) is 12.8 Å². The lowest BCUT2D eigenvalue weighted by atomic mass is 9.96. The maximum atomic E-state index is 12.9. The topological polar surface area (TPSA) is 58.4 Å². The number of piperidine rings is 1. The minimum Gasteiger partial charge on any atom is -0.342 e. The van der Waals surface area contributed by atoms with Crippen molar-refractivity contribution < 1.29 is 9.59 Å². The summed E-state index contributed by atoms with van der Waals surface area (Å²) in [5.41, 5.74) is 1.14. The summed E-state index contributed by atoms with van der Waals surface area (Å²) in [6.45, 7) is 6.58. The lowest BCUT2D eigenvalue weighted by Crippen LogP contribution is -2.48. The van der Waals surface area contributed by atoms with Gasteiger partial charge in [-0.1, -0.05) is 0 Å². The van der Waals surface area contributed by atoms with Crippen molar-refractivity contribution in [2.24, 2.45) is 5.92 Å². The molecule has 2 saturated heterocycles. The average molecular weight is 318 g/mol. The summed E-state index contributed by atoms with van der Waals surface area (Å²) in [5, 5.41) is 4.35. The van der Waals surface area contributed by atoms with Crippen LogP contribution in [0.15, 0.2) is 12.4 Å². The standard InChI is InChI=1S/C17H26N4O2/c1-13-9-18-20(10-13)12-16-6-4-8-21(16)17(23)15-5-3-7-19(11-15)14(2)22/h9-10,15-16H,3-8,11-12H2,1-2H3/t15-,16+/m0/s1. The monoisotopic (exact) mass is 318 g/mol. The van der Waals surface area contributed by atoms with E-state index in [9.17, 15) is 9.59 Å². The number of likely N-dealkylation sites (tertiary alicyclic amines) is 2. The van der Waals surface area contributed by atoms with Crippen LogP contribution in [0.4, 0.5) is 0 Å². The number of aryl methyl sites for hydroxylation is 1. The fraction of sp³-hybridized carbons (Fsp3) is 0.706. The summed E-state index contributed by atoms with van der Waals surface area (Å²) in [5.74, 6) is 0.266. The van der Waals surface area contributed by atoms with Gasteiger partial charge < -0.3 is 9.80 Å². The molecule has 6 nitrogen and oxygen atoms in total. The highest BCUT2D eigenvalue weighted by molar-refractivity contribution is 5.81. The molecule has 3 rings (SSSR count). The molecule has 126 valence electrons. The molecule has 0 spiro atoms. The lowest BCUT2D eigenvalue weighted by molar-refractivity contribution is -0.141. The van der Waals surface area contributed by atoms with Gasteiger partial charge in [0.1, 0.15) is 0 Å². The van der Waals surface area contributed by atoms with Crippen molar-refractivity contribution in [3.8, 4) is 0 Å². The predicted octanol–water partition coefficient (Wildman–Crippen LogP) is 1.44. The molecule has 0 aromatic carbocycles. The molecule has 0 aliphatic carbocycles. The fourth-order valence-electron chi connectivity index (χ4n) is 3.80. The van der Waals surface area contributed by atoms with Gasteiger partial charge in [-0.15, -0.1) is 0 Å². The van der Waals surface area contributed by atoms with Crippen LogP contribution in [0.3, 0.4) is 0 Å². The highest BCUT2D eigenvalue weighted by Crippen LogP contribution is 2.25. The molecule has 23 heavy (non-hydrogen) atoms. The summed E-state index contributed by atoms with van der Waals surface area (Å²) in [6, 6.07) is 0.231. The van der Waals surface area contributed by atoms with Gasteiger partial charge in [-0.3, -0.25) is 14.3 Å². The highest BCUT2D eigenvalue weighted by Gasteiger charge is 2.35. The Morgan fingerprint density at radius 3 is 2.74 bits per heavy atom. The Labute approximate surface area is 137 Å². The van der Waals surface area contributed by atoms with Crippen LogP contribution in [0.2, 0.25) is 0 Å². The molecule has 2 aliphatic rings. The second-order valence-corrected chi connectivity index (χ2v) is 6.87. The molecule has 0 N–H and O–H groups in total. The number of rotatable bonds is 3. The smallest absolute Gasteiger partial charge is 0.227 e. The van der Waals surface area contributed by atoms with E-state index in [2.05, 4.69) is 5.10 Å². The van der Waals surface area contributed by atoms with Crippen molar-refractivity contribution in [2.75, 3.05) is 19.6 Å². The van der Waals surface area contributed by atoms with Crippen molar-refractivity contribution in [2.45, 2.75) is 52.1 Å². The Morgan fingerprint density at radius 2 is 2.04 bits per heavy atom. The van der Waals surface area contributed by atoms with E-state index >= 15 is 0 Å². The molecule has 0 radical (unpaired) electrons. The minimum absolute atomic E-state index is 0.0346. The first-order valence-corrected chi connectivity index (χ1v) is 8.59. The molecule has 0 bridgehead atoms. The largest absolute Gasteiger partial charge is 0.342 e. The van der Waals surface area contributed by atoms with Crippen molar-refractivity contribution in [1.82, 2.24) is 19.6 Å². The Kier molecular flexibility index (Phi) is 4.68. The molecule has 6 heteroatoms. The van der Waals surface area contributed by atoms with Crippen LogP contribution < -0.4 is 0 Å². The van der Waals surface area contributed by atoms with E-state index in [0.29, 0.717) is 6.54 Å². The maximum absolute atomic E-state index is 12.9. The van der Waals surface area contributed by atoms with E-state index in [-0.39, 0.29) is 23.8 Å². The van der Waals surface area contributed by atoms with Gasteiger partial charge in [-0.05, 0) is 38.2 Å². The molecular formula is C17H26N4O2. The van der Waals surface area contributed by atoms with Crippen molar-refractivity contribution in [3.05, 3.63) is 18.0 Å². The van der Waals surface area contributed by atoms with Crippen LogP contribution in [0.1, 0.15) is 38.2 Å². The van der Waals surface area contributed by atoms with E-state index in [1.165, 1.54) is 0 Å². The second-order valence-electron chi connectivity index (χ2n) is 6.87. The quantitative estimate of drug-likeness (QED) is 0.847. The molecule has 2 fully saturated rings. The van der Waals surface area contributed by atoms with Gasteiger partial charge >= 0.3 is 0 Å². The van der Waals surface area contributed by atoms with Crippen LogP contribution in [0.5, 0.6) is 0 Å². The van der Waals surface area contributed by atoms with E-state index in [0.717, 1.165) is 50.9 Å². The average Bonchev–Trinajstić information content (AvgIpc) is 3.16. The van der Waals surface area contributed by atoms with E-state index in [4.69, 9.17) is 0 Å². The van der Waals surface area contributed by atoms with Crippen molar-refractivity contribution in [3.63, 3.8) is 0 Å². The normalized spacial score (nSPS) is 25.0. The molecule has 2 atom stereocenters. The highest BCUT2D eigenvalue weighted by atomic mass is 16.2. The number of hydrogen-bond donors (Lipinski definition) is 0. The number of carbonyl (C=O) groups excluding carboxylic acids is 2. The van der Waals surface area contributed by atoms with Gasteiger partial charge in [0.2, 0.25) is 11.8 Å². The van der Waals surface area contributed by atoms with E-state index < -0.39 is 0 Å². The van der Waals surface area contributed by atoms with Gasteiger partial charge in [-0.25, -0.2) is 0 Å². The number of hydrogen-bond acceptors (Lipinski definition) is 3. The summed E-state index contributed by atoms with van der Waals surface area (Å²) in [4.78, 5) is 28.4. The summed E-state index contributed by atoms with van der Waals surface area (Å²) >= 11 is 0. The first-order chi connectivity index (χ1) is 11.0. The summed E-state index contributed by atoms with van der Waals surface area (Å²) < 4.78 is 1.94. The molecular weight excluding hydrogens is 292 g/mol. The Bertz CT molecular complexity index is 583. The molecule has 3 heterocycles. The van der Waals surface area contributed by atoms with Crippen LogP contribution in [-0.2, 0) is 16.1 Å². The zero-order valence-electron chi connectivity index (χ0n) is 14.1.